The van der Waals surface area contributed by atoms with Crippen LogP contribution in [0.4, 0.5) is 13.2 Å². The number of aryl methyl sites for hydroxylation is 3. The van der Waals surface area contributed by atoms with Gasteiger partial charge in [0.15, 0.2) is 0 Å². The molecular formula is C8H11F3N2S. The van der Waals surface area contributed by atoms with Gasteiger partial charge in [-0.05, 0) is 31.7 Å². The molecule has 1 aromatic heterocycles. The van der Waals surface area contributed by atoms with Gasteiger partial charge in [-0.25, -0.2) is 0 Å². The van der Waals surface area contributed by atoms with Crippen molar-refractivity contribution in [2.24, 2.45) is 0 Å². The number of alkyl halides is 3. The van der Waals surface area contributed by atoms with E-state index in [2.05, 4.69) is 5.10 Å². The molecule has 0 aliphatic heterocycles. The fraction of sp³-hybridized carbons (Fsp3) is 0.625. The van der Waals surface area contributed by atoms with E-state index in [9.17, 15) is 13.2 Å². The third-order valence-electron chi connectivity index (χ3n) is 1.67. The molecule has 0 radical (unpaired) electrons. The summed E-state index contributed by atoms with van der Waals surface area (Å²) in [6.45, 7) is 3.95. The largest absolute Gasteiger partial charge is 0.441 e. The SMILES string of the molecule is Cc1cc(C)n(CCSC(F)(F)F)n1. The lowest BCUT2D eigenvalue weighted by molar-refractivity contribution is -0.0328. The molecule has 1 heterocycles. The smallest absolute Gasteiger partial charge is 0.269 e. The topological polar surface area (TPSA) is 17.8 Å². The molecule has 6 heteroatoms. The molecule has 0 amide bonds. The van der Waals surface area contributed by atoms with Crippen LogP contribution in [0.3, 0.4) is 0 Å². The molecule has 0 spiro atoms. The van der Waals surface area contributed by atoms with Crippen molar-refractivity contribution in [1.82, 2.24) is 9.78 Å². The molecule has 0 aromatic carbocycles. The first-order valence-corrected chi connectivity index (χ1v) is 5.09. The molecule has 0 N–H and O–H groups in total. The highest BCUT2D eigenvalue weighted by Gasteiger charge is 2.27. The Morgan fingerprint density at radius 2 is 2.07 bits per heavy atom. The van der Waals surface area contributed by atoms with Crippen LogP contribution < -0.4 is 0 Å². The molecule has 0 fully saturated rings. The average Bonchev–Trinajstić information content (AvgIpc) is 2.27. The van der Waals surface area contributed by atoms with Gasteiger partial charge in [0.25, 0.3) is 0 Å². The minimum atomic E-state index is -4.14. The maximum Gasteiger partial charge on any atom is 0.441 e. The van der Waals surface area contributed by atoms with Crippen LogP contribution in [0.1, 0.15) is 11.4 Å². The Kier molecular flexibility index (Phi) is 3.47. The van der Waals surface area contributed by atoms with Gasteiger partial charge < -0.3 is 0 Å². The zero-order valence-electron chi connectivity index (χ0n) is 7.93. The minimum Gasteiger partial charge on any atom is -0.269 e. The van der Waals surface area contributed by atoms with Crippen molar-refractivity contribution in [1.29, 1.82) is 0 Å². The summed E-state index contributed by atoms with van der Waals surface area (Å²) in [7, 11) is 0. The third-order valence-corrected chi connectivity index (χ3v) is 2.39. The molecule has 0 saturated heterocycles. The summed E-state index contributed by atoms with van der Waals surface area (Å²) in [5.41, 5.74) is -2.42. The number of hydrogen-bond acceptors (Lipinski definition) is 2. The highest BCUT2D eigenvalue weighted by atomic mass is 32.2. The van der Waals surface area contributed by atoms with Gasteiger partial charge in [-0.1, -0.05) is 0 Å². The Morgan fingerprint density at radius 3 is 2.50 bits per heavy atom. The summed E-state index contributed by atoms with van der Waals surface area (Å²) in [6.07, 6.45) is 0. The van der Waals surface area contributed by atoms with Crippen molar-refractivity contribution in [2.75, 3.05) is 5.75 Å². The van der Waals surface area contributed by atoms with Gasteiger partial charge in [0.1, 0.15) is 0 Å². The second-order valence-corrected chi connectivity index (χ2v) is 4.10. The summed E-state index contributed by atoms with van der Waals surface area (Å²) in [4.78, 5) is 0. The van der Waals surface area contributed by atoms with E-state index in [1.165, 1.54) is 0 Å². The fourth-order valence-electron chi connectivity index (χ4n) is 1.15. The maximum absolute atomic E-state index is 11.8. The molecule has 0 unspecified atom stereocenters. The van der Waals surface area contributed by atoms with Crippen LogP contribution in [0.15, 0.2) is 6.07 Å². The Balaban J connectivity index is 2.42. The highest BCUT2D eigenvalue weighted by Crippen LogP contribution is 2.29. The van der Waals surface area contributed by atoms with E-state index >= 15 is 0 Å². The molecule has 0 atom stereocenters. The van der Waals surface area contributed by atoms with E-state index < -0.39 is 5.51 Å². The van der Waals surface area contributed by atoms with Crippen molar-refractivity contribution in [3.8, 4) is 0 Å². The van der Waals surface area contributed by atoms with E-state index in [0.717, 1.165) is 11.4 Å². The molecule has 0 saturated carbocycles. The van der Waals surface area contributed by atoms with Gasteiger partial charge in [0.05, 0.1) is 12.2 Å². The van der Waals surface area contributed by atoms with Gasteiger partial charge in [-0.3, -0.25) is 4.68 Å². The van der Waals surface area contributed by atoms with Crippen molar-refractivity contribution in [2.45, 2.75) is 25.9 Å². The van der Waals surface area contributed by atoms with Gasteiger partial charge in [0.2, 0.25) is 0 Å². The quantitative estimate of drug-likeness (QED) is 0.785. The highest BCUT2D eigenvalue weighted by molar-refractivity contribution is 8.00. The molecular weight excluding hydrogens is 213 g/mol. The Hall–Kier alpha value is -0.650. The van der Waals surface area contributed by atoms with Gasteiger partial charge >= 0.3 is 5.51 Å². The maximum atomic E-state index is 11.8. The molecule has 80 valence electrons. The first-order chi connectivity index (χ1) is 6.38. The van der Waals surface area contributed by atoms with E-state index in [4.69, 9.17) is 0 Å². The van der Waals surface area contributed by atoms with Crippen LogP contribution in [0.25, 0.3) is 0 Å². The minimum absolute atomic E-state index is 0.00542. The lowest BCUT2D eigenvalue weighted by Crippen LogP contribution is -2.09. The van der Waals surface area contributed by atoms with Crippen LogP contribution >= 0.6 is 11.8 Å². The standard InChI is InChI=1S/C8H11F3N2S/c1-6-5-7(2)13(12-6)3-4-14-8(9,10)11/h5H,3-4H2,1-2H3. The number of hydrogen-bond donors (Lipinski definition) is 0. The summed E-state index contributed by atoms with van der Waals surface area (Å²) >= 11 is -0.0145. The van der Waals surface area contributed by atoms with Crippen molar-refractivity contribution in [3.63, 3.8) is 0 Å². The van der Waals surface area contributed by atoms with Gasteiger partial charge in [-0.2, -0.15) is 18.3 Å². The molecule has 0 aliphatic carbocycles. The summed E-state index contributed by atoms with van der Waals surface area (Å²) in [5, 5.41) is 4.07. The number of thioether (sulfide) groups is 1. The lowest BCUT2D eigenvalue weighted by atomic mass is 10.4. The van der Waals surface area contributed by atoms with Crippen LogP contribution in [0, 0.1) is 13.8 Å². The predicted molar refractivity (Wildman–Crippen MR) is 50.2 cm³/mol. The number of aromatic nitrogens is 2. The molecule has 0 aliphatic rings. The van der Waals surface area contributed by atoms with Crippen molar-refractivity contribution < 1.29 is 13.2 Å². The Labute approximate surface area is 84.5 Å². The monoisotopic (exact) mass is 224 g/mol. The fourth-order valence-corrected chi connectivity index (χ4v) is 1.64. The number of rotatable bonds is 3. The van der Waals surface area contributed by atoms with E-state index in [0.29, 0.717) is 6.54 Å². The van der Waals surface area contributed by atoms with Crippen LogP contribution in [0.5, 0.6) is 0 Å². The molecule has 1 rings (SSSR count). The van der Waals surface area contributed by atoms with E-state index in [-0.39, 0.29) is 17.5 Å². The van der Waals surface area contributed by atoms with E-state index in [1.54, 1.807) is 4.68 Å². The van der Waals surface area contributed by atoms with Crippen LogP contribution in [-0.4, -0.2) is 21.0 Å². The zero-order chi connectivity index (χ0) is 10.8. The van der Waals surface area contributed by atoms with Crippen molar-refractivity contribution >= 4 is 11.8 Å². The van der Waals surface area contributed by atoms with Gasteiger partial charge in [0, 0.05) is 11.4 Å². The predicted octanol–water partition coefficient (Wildman–Crippen LogP) is 2.75. The Bertz CT molecular complexity index is 306. The lowest BCUT2D eigenvalue weighted by Gasteiger charge is -2.06. The third kappa shape index (κ3) is 3.61. The number of halogens is 3. The Morgan fingerprint density at radius 1 is 1.43 bits per heavy atom. The van der Waals surface area contributed by atoms with E-state index in [1.807, 2.05) is 19.9 Å². The second-order valence-electron chi connectivity index (χ2n) is 2.94. The molecule has 2 nitrogen and oxygen atoms in total. The first kappa shape index (κ1) is 11.4. The second kappa shape index (κ2) is 4.25. The molecule has 0 bridgehead atoms. The van der Waals surface area contributed by atoms with Crippen molar-refractivity contribution in [3.05, 3.63) is 17.5 Å². The van der Waals surface area contributed by atoms with Crippen LogP contribution in [-0.2, 0) is 6.54 Å². The molecule has 14 heavy (non-hydrogen) atoms. The normalized spacial score (nSPS) is 12.1. The first-order valence-electron chi connectivity index (χ1n) is 4.10. The average molecular weight is 224 g/mol. The summed E-state index contributed by atoms with van der Waals surface area (Å²) in [5.74, 6) is 0.00542. The molecule has 1 aromatic rings. The summed E-state index contributed by atoms with van der Waals surface area (Å²) in [6, 6.07) is 1.85. The van der Waals surface area contributed by atoms with Crippen LogP contribution in [0.2, 0.25) is 0 Å². The zero-order valence-corrected chi connectivity index (χ0v) is 8.74. The summed E-state index contributed by atoms with van der Waals surface area (Å²) < 4.78 is 37.0. The number of nitrogens with zero attached hydrogens (tertiary/aromatic N) is 2. The van der Waals surface area contributed by atoms with Gasteiger partial charge in [-0.15, -0.1) is 0 Å².